The molecule has 2 aromatic carbocycles. The predicted molar refractivity (Wildman–Crippen MR) is 97.7 cm³/mol. The minimum Gasteiger partial charge on any atom is -0.504 e. The SMILES string of the molecule is O=C(COc1ccccc1O)Nc1ccnn1Cc1ccc(Br)cc1. The maximum Gasteiger partial charge on any atom is 0.263 e. The number of carbonyl (C=O) groups is 1. The van der Waals surface area contributed by atoms with Gasteiger partial charge >= 0.3 is 0 Å². The van der Waals surface area contributed by atoms with Gasteiger partial charge in [-0.25, -0.2) is 4.68 Å². The van der Waals surface area contributed by atoms with Gasteiger partial charge in [0.2, 0.25) is 0 Å². The summed E-state index contributed by atoms with van der Waals surface area (Å²) in [4.78, 5) is 12.1. The highest BCUT2D eigenvalue weighted by Crippen LogP contribution is 2.24. The van der Waals surface area contributed by atoms with Crippen LogP contribution in [0, 0.1) is 0 Å². The number of nitrogens with zero attached hydrogens (tertiary/aromatic N) is 2. The van der Waals surface area contributed by atoms with Crippen LogP contribution in [-0.2, 0) is 11.3 Å². The number of amides is 1. The lowest BCUT2D eigenvalue weighted by atomic mass is 10.2. The summed E-state index contributed by atoms with van der Waals surface area (Å²) in [6.45, 7) is 0.331. The van der Waals surface area contributed by atoms with Gasteiger partial charge in [0.25, 0.3) is 5.91 Å². The van der Waals surface area contributed by atoms with Crippen LogP contribution in [0.1, 0.15) is 5.56 Å². The van der Waals surface area contributed by atoms with E-state index >= 15 is 0 Å². The molecule has 0 saturated heterocycles. The Balaban J connectivity index is 1.59. The van der Waals surface area contributed by atoms with Crippen molar-refractivity contribution in [2.45, 2.75) is 6.54 Å². The van der Waals surface area contributed by atoms with Crippen molar-refractivity contribution >= 4 is 27.7 Å². The maximum absolute atomic E-state index is 12.1. The maximum atomic E-state index is 12.1. The van der Waals surface area contributed by atoms with Crippen LogP contribution in [0.15, 0.2) is 65.3 Å². The zero-order valence-corrected chi connectivity index (χ0v) is 14.8. The first-order valence-electron chi connectivity index (χ1n) is 7.59. The monoisotopic (exact) mass is 401 g/mol. The van der Waals surface area contributed by atoms with Gasteiger partial charge in [-0.1, -0.05) is 40.2 Å². The molecule has 1 heterocycles. The molecule has 0 aliphatic carbocycles. The Hall–Kier alpha value is -2.80. The fourth-order valence-corrected chi connectivity index (χ4v) is 2.49. The van der Waals surface area contributed by atoms with E-state index in [0.717, 1.165) is 10.0 Å². The second-order valence-corrected chi connectivity index (χ2v) is 6.22. The first kappa shape index (κ1) is 17.0. The van der Waals surface area contributed by atoms with Gasteiger partial charge in [0, 0.05) is 10.5 Å². The molecule has 0 bridgehead atoms. The Labute approximate surface area is 153 Å². The molecule has 0 radical (unpaired) electrons. The number of aromatic hydroxyl groups is 1. The summed E-state index contributed by atoms with van der Waals surface area (Å²) in [6, 6.07) is 16.1. The zero-order valence-electron chi connectivity index (χ0n) is 13.2. The number of para-hydroxylation sites is 2. The number of hydrogen-bond acceptors (Lipinski definition) is 4. The molecule has 0 aliphatic rings. The molecule has 0 spiro atoms. The first-order chi connectivity index (χ1) is 12.1. The molecular weight excluding hydrogens is 386 g/mol. The molecule has 0 saturated carbocycles. The first-order valence-corrected chi connectivity index (χ1v) is 8.38. The Morgan fingerprint density at radius 2 is 1.92 bits per heavy atom. The summed E-state index contributed by atoms with van der Waals surface area (Å²) in [5.41, 5.74) is 1.06. The van der Waals surface area contributed by atoms with Gasteiger partial charge in [-0.05, 0) is 29.8 Å². The quantitative estimate of drug-likeness (QED) is 0.663. The van der Waals surface area contributed by atoms with Crippen molar-refractivity contribution in [3.63, 3.8) is 0 Å². The lowest BCUT2D eigenvalue weighted by Gasteiger charge is -2.10. The predicted octanol–water partition coefficient (Wildman–Crippen LogP) is 3.42. The smallest absolute Gasteiger partial charge is 0.263 e. The average Bonchev–Trinajstić information content (AvgIpc) is 3.03. The van der Waals surface area contributed by atoms with Crippen LogP contribution in [0.4, 0.5) is 5.82 Å². The molecule has 0 atom stereocenters. The van der Waals surface area contributed by atoms with Crippen molar-refractivity contribution in [1.82, 2.24) is 9.78 Å². The van der Waals surface area contributed by atoms with Gasteiger partial charge in [-0.15, -0.1) is 0 Å². The number of aromatic nitrogens is 2. The minimum atomic E-state index is -0.333. The number of ether oxygens (including phenoxy) is 1. The van der Waals surface area contributed by atoms with Crippen LogP contribution >= 0.6 is 15.9 Å². The van der Waals surface area contributed by atoms with Gasteiger partial charge in [0.1, 0.15) is 5.82 Å². The van der Waals surface area contributed by atoms with Crippen LogP contribution in [0.25, 0.3) is 0 Å². The Morgan fingerprint density at radius 1 is 1.16 bits per heavy atom. The molecule has 0 aliphatic heterocycles. The van der Waals surface area contributed by atoms with E-state index in [0.29, 0.717) is 12.4 Å². The van der Waals surface area contributed by atoms with Crippen LogP contribution in [-0.4, -0.2) is 27.4 Å². The summed E-state index contributed by atoms with van der Waals surface area (Å²) >= 11 is 3.40. The molecule has 2 N–H and O–H groups in total. The highest BCUT2D eigenvalue weighted by atomic mass is 79.9. The van der Waals surface area contributed by atoms with Gasteiger partial charge < -0.3 is 15.2 Å². The van der Waals surface area contributed by atoms with E-state index < -0.39 is 0 Å². The lowest BCUT2D eigenvalue weighted by molar-refractivity contribution is -0.118. The van der Waals surface area contributed by atoms with E-state index in [-0.39, 0.29) is 24.0 Å². The van der Waals surface area contributed by atoms with Crippen LogP contribution in [0.2, 0.25) is 0 Å². The average molecular weight is 402 g/mol. The van der Waals surface area contributed by atoms with Crippen LogP contribution in [0.5, 0.6) is 11.5 Å². The molecule has 1 amide bonds. The lowest BCUT2D eigenvalue weighted by Crippen LogP contribution is -2.22. The van der Waals surface area contributed by atoms with Crippen LogP contribution in [0.3, 0.4) is 0 Å². The summed E-state index contributed by atoms with van der Waals surface area (Å²) < 4.78 is 8.02. The van der Waals surface area contributed by atoms with E-state index in [2.05, 4.69) is 26.3 Å². The molecule has 3 aromatic rings. The number of benzene rings is 2. The molecule has 0 fully saturated rings. The van der Waals surface area contributed by atoms with E-state index in [1.54, 1.807) is 35.1 Å². The number of anilines is 1. The number of carbonyl (C=O) groups excluding carboxylic acids is 1. The standard InChI is InChI=1S/C18H16BrN3O3/c19-14-7-5-13(6-8-14)11-22-17(9-10-20-22)21-18(24)12-25-16-4-2-1-3-15(16)23/h1-10,23H,11-12H2,(H,21,24). The molecule has 1 aromatic heterocycles. The fraction of sp³-hybridized carbons (Fsp3) is 0.111. The summed E-state index contributed by atoms with van der Waals surface area (Å²) in [7, 11) is 0. The topological polar surface area (TPSA) is 76.4 Å². The third-order valence-corrected chi connectivity index (χ3v) is 3.98. The second kappa shape index (κ2) is 7.85. The van der Waals surface area contributed by atoms with Crippen molar-refractivity contribution in [3.05, 3.63) is 70.8 Å². The van der Waals surface area contributed by atoms with Gasteiger partial charge in [-0.3, -0.25) is 4.79 Å². The molecule has 0 unspecified atom stereocenters. The van der Waals surface area contributed by atoms with Crippen LogP contribution < -0.4 is 10.1 Å². The fourth-order valence-electron chi connectivity index (χ4n) is 2.23. The molecule has 6 nitrogen and oxygen atoms in total. The number of phenolic OH excluding ortho intramolecular Hbond substituents is 1. The largest absolute Gasteiger partial charge is 0.504 e. The molecule has 3 rings (SSSR count). The van der Waals surface area contributed by atoms with Crippen molar-refractivity contribution in [2.24, 2.45) is 0 Å². The van der Waals surface area contributed by atoms with E-state index in [9.17, 15) is 9.90 Å². The third-order valence-electron chi connectivity index (χ3n) is 3.45. The van der Waals surface area contributed by atoms with Crippen molar-refractivity contribution in [1.29, 1.82) is 0 Å². The summed E-state index contributed by atoms with van der Waals surface area (Å²) in [6.07, 6.45) is 1.62. The number of rotatable bonds is 6. The normalized spacial score (nSPS) is 10.4. The van der Waals surface area contributed by atoms with Gasteiger partial charge in [0.05, 0.1) is 12.7 Å². The summed E-state index contributed by atoms with van der Waals surface area (Å²) in [5, 5.41) is 16.6. The van der Waals surface area contributed by atoms with Gasteiger partial charge in [0.15, 0.2) is 18.1 Å². The Bertz CT molecular complexity index is 862. The Morgan fingerprint density at radius 3 is 2.68 bits per heavy atom. The molecule has 7 heteroatoms. The van der Waals surface area contributed by atoms with Crippen molar-refractivity contribution < 1.29 is 14.6 Å². The Kier molecular flexibility index (Phi) is 5.35. The number of halogens is 1. The summed E-state index contributed by atoms with van der Waals surface area (Å²) in [5.74, 6) is 0.506. The third kappa shape index (κ3) is 4.60. The zero-order chi connectivity index (χ0) is 17.6. The van der Waals surface area contributed by atoms with Gasteiger partial charge in [-0.2, -0.15) is 5.10 Å². The minimum absolute atomic E-state index is 0.00409. The molecule has 128 valence electrons. The highest BCUT2D eigenvalue weighted by molar-refractivity contribution is 9.10. The number of phenols is 1. The molecular formula is C18H16BrN3O3. The highest BCUT2D eigenvalue weighted by Gasteiger charge is 2.10. The second-order valence-electron chi connectivity index (χ2n) is 5.31. The number of hydrogen-bond donors (Lipinski definition) is 2. The number of nitrogens with one attached hydrogen (secondary N) is 1. The van der Waals surface area contributed by atoms with E-state index in [4.69, 9.17) is 4.74 Å². The van der Waals surface area contributed by atoms with Crippen molar-refractivity contribution in [2.75, 3.05) is 11.9 Å². The molecule has 25 heavy (non-hydrogen) atoms. The van der Waals surface area contributed by atoms with E-state index in [1.165, 1.54) is 6.07 Å². The van der Waals surface area contributed by atoms with Crippen molar-refractivity contribution in [3.8, 4) is 11.5 Å². The van der Waals surface area contributed by atoms with E-state index in [1.807, 2.05) is 24.3 Å².